The first-order chi connectivity index (χ1) is 11.6. The van der Waals surface area contributed by atoms with Gasteiger partial charge in [-0.2, -0.15) is 4.98 Å². The molecule has 8 heteroatoms. The fraction of sp³-hybridized carbons (Fsp3) is 0.0625. The van der Waals surface area contributed by atoms with Gasteiger partial charge in [-0.3, -0.25) is 14.9 Å². The Hall–Kier alpha value is -3.00. The van der Waals surface area contributed by atoms with Crippen LogP contribution < -0.4 is 0 Å². The number of nitro benzene ring substituents is 1. The Morgan fingerprint density at radius 3 is 2.62 bits per heavy atom. The Kier molecular flexibility index (Phi) is 4.39. The topological polar surface area (TPSA) is 99.1 Å². The molecule has 0 atom stereocenters. The maximum absolute atomic E-state index is 11.1. The van der Waals surface area contributed by atoms with E-state index in [-0.39, 0.29) is 16.5 Å². The lowest BCUT2D eigenvalue weighted by atomic mass is 10.1. The summed E-state index contributed by atoms with van der Waals surface area (Å²) in [6.45, 7) is 1.98. The van der Waals surface area contributed by atoms with Crippen molar-refractivity contribution in [2.75, 3.05) is 0 Å². The van der Waals surface area contributed by atoms with Crippen LogP contribution in [-0.4, -0.2) is 21.4 Å². The van der Waals surface area contributed by atoms with Gasteiger partial charge in [0.05, 0.1) is 9.82 Å². The van der Waals surface area contributed by atoms with E-state index in [9.17, 15) is 14.9 Å². The van der Waals surface area contributed by atoms with Crippen LogP contribution in [0.5, 0.6) is 0 Å². The summed E-state index contributed by atoms with van der Waals surface area (Å²) in [7, 11) is 0. The number of aryl methyl sites for hydroxylation is 1. The molecule has 0 spiro atoms. The quantitative estimate of drug-likeness (QED) is 0.394. The fourth-order valence-corrected chi connectivity index (χ4v) is 2.77. The number of rotatable bonds is 5. The maximum atomic E-state index is 11.1. The number of benzene rings is 2. The van der Waals surface area contributed by atoms with Gasteiger partial charge in [0.1, 0.15) is 6.29 Å². The molecule has 0 radical (unpaired) electrons. The SMILES string of the molecule is Cc1ccc(-c2noc(Sc3ccc(C=O)cc3[N+](=O)[O-])n2)cc1. The molecule has 0 fully saturated rings. The summed E-state index contributed by atoms with van der Waals surface area (Å²) in [5.74, 6) is 0.407. The van der Waals surface area contributed by atoms with Gasteiger partial charge in [-0.15, -0.1) is 0 Å². The van der Waals surface area contributed by atoms with Crippen LogP contribution in [0.4, 0.5) is 5.69 Å². The molecule has 120 valence electrons. The highest BCUT2D eigenvalue weighted by Gasteiger charge is 2.19. The fourth-order valence-electron chi connectivity index (χ4n) is 2.00. The van der Waals surface area contributed by atoms with Crippen LogP contribution in [0.2, 0.25) is 0 Å². The lowest BCUT2D eigenvalue weighted by molar-refractivity contribution is -0.387. The Morgan fingerprint density at radius 2 is 1.96 bits per heavy atom. The molecular weight excluding hydrogens is 330 g/mol. The standard InChI is InChI=1S/C16H11N3O4S/c1-10-2-5-12(6-3-10)15-17-16(23-18-15)24-14-7-4-11(9-20)8-13(14)19(21)22/h2-9H,1H3. The van der Waals surface area contributed by atoms with Crippen molar-refractivity contribution in [2.24, 2.45) is 0 Å². The first kappa shape index (κ1) is 15.9. The molecule has 3 rings (SSSR count). The van der Waals surface area contributed by atoms with E-state index in [0.29, 0.717) is 17.0 Å². The van der Waals surface area contributed by atoms with E-state index in [4.69, 9.17) is 4.52 Å². The van der Waals surface area contributed by atoms with Crippen molar-refractivity contribution in [1.29, 1.82) is 0 Å². The molecule has 24 heavy (non-hydrogen) atoms. The zero-order valence-electron chi connectivity index (χ0n) is 12.5. The average Bonchev–Trinajstić information content (AvgIpc) is 3.04. The van der Waals surface area contributed by atoms with Gasteiger partial charge in [-0.1, -0.05) is 41.1 Å². The van der Waals surface area contributed by atoms with Crippen molar-refractivity contribution >= 4 is 23.7 Å². The van der Waals surface area contributed by atoms with Crippen molar-refractivity contribution in [1.82, 2.24) is 10.1 Å². The van der Waals surface area contributed by atoms with Crippen molar-refractivity contribution in [3.05, 3.63) is 63.7 Å². The number of aldehydes is 1. The highest BCUT2D eigenvalue weighted by atomic mass is 32.2. The van der Waals surface area contributed by atoms with Crippen LogP contribution in [0.15, 0.2) is 57.1 Å². The van der Waals surface area contributed by atoms with Crippen molar-refractivity contribution in [2.45, 2.75) is 17.0 Å². The zero-order chi connectivity index (χ0) is 17.1. The van der Waals surface area contributed by atoms with E-state index in [1.807, 2.05) is 31.2 Å². The smallest absolute Gasteiger partial charge is 0.291 e. The summed E-state index contributed by atoms with van der Waals surface area (Å²) in [4.78, 5) is 25.9. The van der Waals surface area contributed by atoms with Crippen LogP contribution >= 0.6 is 11.8 Å². The van der Waals surface area contributed by atoms with Gasteiger partial charge in [0, 0.05) is 17.2 Å². The highest BCUT2D eigenvalue weighted by Crippen LogP contribution is 2.35. The van der Waals surface area contributed by atoms with Crippen molar-refractivity contribution in [3.63, 3.8) is 0 Å². The van der Waals surface area contributed by atoms with Crippen LogP contribution in [0.25, 0.3) is 11.4 Å². The van der Waals surface area contributed by atoms with E-state index in [1.165, 1.54) is 18.2 Å². The van der Waals surface area contributed by atoms with Crippen LogP contribution in [0, 0.1) is 17.0 Å². The number of nitrogens with zero attached hydrogens (tertiary/aromatic N) is 3. The van der Waals surface area contributed by atoms with Crippen LogP contribution in [0.1, 0.15) is 15.9 Å². The maximum Gasteiger partial charge on any atom is 0.291 e. The Morgan fingerprint density at radius 1 is 1.21 bits per heavy atom. The summed E-state index contributed by atoms with van der Waals surface area (Å²) in [5, 5.41) is 15.2. The molecule has 1 aromatic heterocycles. The van der Waals surface area contributed by atoms with Gasteiger partial charge in [0.2, 0.25) is 5.82 Å². The molecule has 2 aromatic carbocycles. The summed E-state index contributed by atoms with van der Waals surface area (Å²) < 4.78 is 5.15. The molecule has 0 aliphatic heterocycles. The van der Waals surface area contributed by atoms with E-state index >= 15 is 0 Å². The highest BCUT2D eigenvalue weighted by molar-refractivity contribution is 7.99. The van der Waals surface area contributed by atoms with E-state index in [1.54, 1.807) is 0 Å². The first-order valence-electron chi connectivity index (χ1n) is 6.89. The number of hydrogen-bond donors (Lipinski definition) is 0. The molecule has 0 aliphatic carbocycles. The zero-order valence-corrected chi connectivity index (χ0v) is 13.3. The average molecular weight is 341 g/mol. The predicted octanol–water partition coefficient (Wildman–Crippen LogP) is 3.92. The third-order valence-electron chi connectivity index (χ3n) is 3.23. The number of hydrogen-bond acceptors (Lipinski definition) is 7. The van der Waals surface area contributed by atoms with Crippen LogP contribution in [-0.2, 0) is 0 Å². The largest absolute Gasteiger partial charge is 0.327 e. The third-order valence-corrected chi connectivity index (χ3v) is 4.14. The summed E-state index contributed by atoms with van der Waals surface area (Å²) in [5.41, 5.74) is 1.96. The second-order valence-corrected chi connectivity index (χ2v) is 5.95. The van der Waals surface area contributed by atoms with Gasteiger partial charge >= 0.3 is 0 Å². The van der Waals surface area contributed by atoms with Gasteiger partial charge in [0.25, 0.3) is 10.9 Å². The molecule has 0 N–H and O–H groups in total. The molecule has 1 heterocycles. The number of carbonyl (C=O) groups is 1. The number of aromatic nitrogens is 2. The molecule has 0 saturated carbocycles. The Labute approximate surface area is 140 Å². The molecule has 0 saturated heterocycles. The van der Waals surface area contributed by atoms with Crippen LogP contribution in [0.3, 0.4) is 0 Å². The molecular formula is C16H11N3O4S. The Balaban J connectivity index is 1.88. The van der Waals surface area contributed by atoms with Crippen molar-refractivity contribution in [3.8, 4) is 11.4 Å². The Bertz CT molecular complexity index is 906. The van der Waals surface area contributed by atoms with Gasteiger partial charge in [-0.25, -0.2) is 0 Å². The normalized spacial score (nSPS) is 10.5. The lowest BCUT2D eigenvalue weighted by Crippen LogP contribution is -1.93. The monoisotopic (exact) mass is 341 g/mol. The second-order valence-electron chi connectivity index (χ2n) is 4.95. The number of nitro groups is 1. The van der Waals surface area contributed by atoms with E-state index < -0.39 is 4.92 Å². The molecule has 0 bridgehead atoms. The second kappa shape index (κ2) is 6.63. The van der Waals surface area contributed by atoms with Gasteiger partial charge in [0.15, 0.2) is 0 Å². The number of carbonyl (C=O) groups excluding carboxylic acids is 1. The summed E-state index contributed by atoms with van der Waals surface area (Å²) in [6, 6.07) is 11.8. The third kappa shape index (κ3) is 3.33. The first-order valence-corrected chi connectivity index (χ1v) is 7.70. The van der Waals surface area contributed by atoms with Gasteiger partial charge < -0.3 is 4.52 Å². The van der Waals surface area contributed by atoms with E-state index in [0.717, 1.165) is 22.9 Å². The minimum Gasteiger partial charge on any atom is -0.327 e. The predicted molar refractivity (Wildman–Crippen MR) is 87.1 cm³/mol. The summed E-state index contributed by atoms with van der Waals surface area (Å²) >= 11 is 0.983. The van der Waals surface area contributed by atoms with Crippen molar-refractivity contribution < 1.29 is 14.2 Å². The van der Waals surface area contributed by atoms with E-state index in [2.05, 4.69) is 10.1 Å². The molecule has 0 unspecified atom stereocenters. The van der Waals surface area contributed by atoms with Gasteiger partial charge in [-0.05, 0) is 24.8 Å². The lowest BCUT2D eigenvalue weighted by Gasteiger charge is -1.99. The molecule has 0 amide bonds. The summed E-state index contributed by atoms with van der Waals surface area (Å²) in [6.07, 6.45) is 0.559. The minimum atomic E-state index is -0.549. The molecule has 3 aromatic rings. The molecule has 0 aliphatic rings. The minimum absolute atomic E-state index is 0.181. The molecule has 7 nitrogen and oxygen atoms in total.